The highest BCUT2D eigenvalue weighted by atomic mass is 127. The van der Waals surface area contributed by atoms with Crippen molar-refractivity contribution < 1.29 is 13.2 Å². The van der Waals surface area contributed by atoms with E-state index in [4.69, 9.17) is 0 Å². The lowest BCUT2D eigenvalue weighted by Crippen LogP contribution is -2.34. The summed E-state index contributed by atoms with van der Waals surface area (Å²) in [6.45, 7) is 1.12. The molecule has 1 saturated heterocycles. The van der Waals surface area contributed by atoms with Crippen LogP contribution in [0.15, 0.2) is 0 Å². The van der Waals surface area contributed by atoms with Gasteiger partial charge in [-0.05, 0) is 12.8 Å². The predicted molar refractivity (Wildman–Crippen MR) is 44.4 cm³/mol. The van der Waals surface area contributed by atoms with Crippen molar-refractivity contribution in [2.24, 2.45) is 5.92 Å². The Hall–Kier alpha value is 0.480. The Balaban J connectivity index is 2.39. The Morgan fingerprint density at radius 3 is 2.00 bits per heavy atom. The highest BCUT2D eigenvalue weighted by Crippen LogP contribution is 2.34. The maximum Gasteiger partial charge on any atom is 0.391 e. The van der Waals surface area contributed by atoms with E-state index in [2.05, 4.69) is 22.9 Å². The predicted octanol–water partition coefficient (Wildman–Crippen LogP) is 2.61. The van der Waals surface area contributed by atoms with Crippen molar-refractivity contribution >= 4 is 22.9 Å². The van der Waals surface area contributed by atoms with E-state index in [9.17, 15) is 13.2 Å². The molecule has 0 unspecified atom stereocenters. The number of rotatable bonds is 0. The fourth-order valence-corrected chi connectivity index (χ4v) is 1.73. The molecule has 66 valence electrons. The summed E-state index contributed by atoms with van der Waals surface area (Å²) in [6, 6.07) is 0. The van der Waals surface area contributed by atoms with Crippen LogP contribution >= 0.6 is 22.9 Å². The fraction of sp³-hybridized carbons (Fsp3) is 1.00. The van der Waals surface area contributed by atoms with Crippen LogP contribution < -0.4 is 0 Å². The van der Waals surface area contributed by atoms with E-state index in [1.54, 1.807) is 0 Å². The first kappa shape index (κ1) is 9.57. The van der Waals surface area contributed by atoms with Gasteiger partial charge in [0.15, 0.2) is 0 Å². The van der Waals surface area contributed by atoms with Gasteiger partial charge >= 0.3 is 6.18 Å². The molecule has 0 radical (unpaired) electrons. The SMILES string of the molecule is FC(F)(F)C1CCN(I)CC1. The van der Waals surface area contributed by atoms with Crippen molar-refractivity contribution in [2.75, 3.05) is 13.1 Å². The summed E-state index contributed by atoms with van der Waals surface area (Å²) in [5.41, 5.74) is 0. The summed E-state index contributed by atoms with van der Waals surface area (Å²) in [7, 11) is 0. The number of hydrogen-bond donors (Lipinski definition) is 0. The molecule has 1 nitrogen and oxygen atoms in total. The van der Waals surface area contributed by atoms with Gasteiger partial charge in [-0.25, -0.2) is 3.11 Å². The molecule has 0 aliphatic carbocycles. The summed E-state index contributed by atoms with van der Waals surface area (Å²) < 4.78 is 38.0. The monoisotopic (exact) mass is 279 g/mol. The minimum atomic E-state index is -3.97. The molecule has 0 aromatic carbocycles. The number of nitrogens with zero attached hydrogens (tertiary/aromatic N) is 1. The first-order chi connectivity index (χ1) is 5.00. The van der Waals surface area contributed by atoms with Crippen LogP contribution in [0.25, 0.3) is 0 Å². The summed E-state index contributed by atoms with van der Waals surface area (Å²) in [5, 5.41) is 0. The Morgan fingerprint density at radius 1 is 1.18 bits per heavy atom. The second-order valence-corrected chi connectivity index (χ2v) is 4.09. The Bertz CT molecular complexity index is 128. The van der Waals surface area contributed by atoms with Crippen molar-refractivity contribution in [1.29, 1.82) is 0 Å². The van der Waals surface area contributed by atoms with Gasteiger partial charge in [-0.15, -0.1) is 0 Å². The van der Waals surface area contributed by atoms with Gasteiger partial charge in [-0.3, -0.25) is 0 Å². The Kier molecular flexibility index (Phi) is 3.02. The molecule has 0 N–H and O–H groups in total. The molecule has 1 aliphatic rings. The Labute approximate surface area is 77.4 Å². The number of alkyl halides is 3. The highest BCUT2D eigenvalue weighted by molar-refractivity contribution is 14.1. The van der Waals surface area contributed by atoms with E-state index in [1.807, 2.05) is 3.11 Å². The first-order valence-corrected chi connectivity index (χ1v) is 4.44. The van der Waals surface area contributed by atoms with Crippen LogP contribution in [0.2, 0.25) is 0 Å². The van der Waals surface area contributed by atoms with Gasteiger partial charge in [0.1, 0.15) is 0 Å². The Morgan fingerprint density at radius 2 is 1.64 bits per heavy atom. The number of hydrogen-bond acceptors (Lipinski definition) is 1. The molecule has 1 heterocycles. The van der Waals surface area contributed by atoms with Crippen molar-refractivity contribution in [3.05, 3.63) is 0 Å². The lowest BCUT2D eigenvalue weighted by molar-refractivity contribution is -0.182. The average Bonchev–Trinajstić information content (AvgIpc) is 1.86. The quantitative estimate of drug-likeness (QED) is 0.486. The van der Waals surface area contributed by atoms with Crippen molar-refractivity contribution in [2.45, 2.75) is 19.0 Å². The zero-order valence-corrected chi connectivity index (χ0v) is 8.02. The van der Waals surface area contributed by atoms with E-state index in [1.165, 1.54) is 0 Å². The van der Waals surface area contributed by atoms with E-state index < -0.39 is 12.1 Å². The molecule has 1 aliphatic heterocycles. The molecule has 5 heteroatoms. The van der Waals surface area contributed by atoms with Gasteiger partial charge in [0.25, 0.3) is 0 Å². The van der Waals surface area contributed by atoms with Crippen LogP contribution in [0.3, 0.4) is 0 Å². The van der Waals surface area contributed by atoms with Gasteiger partial charge in [-0.1, -0.05) is 0 Å². The molecule has 0 spiro atoms. The van der Waals surface area contributed by atoms with Gasteiger partial charge in [-0.2, -0.15) is 13.2 Å². The molecule has 0 aromatic rings. The molecule has 1 rings (SSSR count). The zero-order valence-electron chi connectivity index (χ0n) is 5.86. The van der Waals surface area contributed by atoms with Gasteiger partial charge in [0, 0.05) is 36.0 Å². The second-order valence-electron chi connectivity index (χ2n) is 2.73. The minimum absolute atomic E-state index is 0.256. The largest absolute Gasteiger partial charge is 0.391 e. The normalized spacial score (nSPS) is 24.0. The average molecular weight is 279 g/mol. The molecule has 0 amide bonds. The van der Waals surface area contributed by atoms with Crippen LogP contribution in [0, 0.1) is 5.92 Å². The molecular formula is C6H9F3IN. The maximum absolute atomic E-state index is 12.0. The maximum atomic E-state index is 12.0. The van der Waals surface area contributed by atoms with E-state index in [-0.39, 0.29) is 12.8 Å². The molecular weight excluding hydrogens is 270 g/mol. The highest BCUT2D eigenvalue weighted by Gasteiger charge is 2.40. The van der Waals surface area contributed by atoms with Gasteiger partial charge in [0.05, 0.1) is 5.92 Å². The molecule has 0 saturated carbocycles. The lowest BCUT2D eigenvalue weighted by Gasteiger charge is -2.28. The molecule has 0 atom stereocenters. The molecule has 0 bridgehead atoms. The van der Waals surface area contributed by atoms with Crippen LogP contribution in [0.4, 0.5) is 13.2 Å². The minimum Gasteiger partial charge on any atom is -0.248 e. The van der Waals surface area contributed by atoms with Crippen molar-refractivity contribution in [3.8, 4) is 0 Å². The summed E-state index contributed by atoms with van der Waals surface area (Å²) in [5.74, 6) is -1.06. The van der Waals surface area contributed by atoms with E-state index in [0.717, 1.165) is 0 Å². The molecule has 0 aromatic heterocycles. The number of halogens is 4. The van der Waals surface area contributed by atoms with Crippen LogP contribution in [0.1, 0.15) is 12.8 Å². The third-order valence-corrected chi connectivity index (χ3v) is 2.87. The zero-order chi connectivity index (χ0) is 8.48. The standard InChI is InChI=1S/C6H9F3IN/c7-6(8,9)5-1-3-11(10)4-2-5/h5H,1-4H2. The van der Waals surface area contributed by atoms with E-state index >= 15 is 0 Å². The van der Waals surface area contributed by atoms with Crippen LogP contribution in [-0.2, 0) is 0 Å². The van der Waals surface area contributed by atoms with Gasteiger partial charge in [0.2, 0.25) is 0 Å². The summed E-state index contributed by atoms with van der Waals surface area (Å²) >= 11 is 2.06. The number of piperidine rings is 1. The fourth-order valence-electron chi connectivity index (χ4n) is 1.18. The second kappa shape index (κ2) is 3.47. The van der Waals surface area contributed by atoms with Crippen molar-refractivity contribution in [3.63, 3.8) is 0 Å². The third kappa shape index (κ3) is 2.77. The molecule has 11 heavy (non-hydrogen) atoms. The third-order valence-electron chi connectivity index (χ3n) is 1.90. The van der Waals surface area contributed by atoms with Gasteiger partial charge < -0.3 is 0 Å². The van der Waals surface area contributed by atoms with Crippen molar-refractivity contribution in [1.82, 2.24) is 3.11 Å². The van der Waals surface area contributed by atoms with E-state index in [0.29, 0.717) is 13.1 Å². The van der Waals surface area contributed by atoms with Crippen LogP contribution in [-0.4, -0.2) is 22.4 Å². The smallest absolute Gasteiger partial charge is 0.248 e. The summed E-state index contributed by atoms with van der Waals surface area (Å²) in [4.78, 5) is 0. The molecule has 1 fully saturated rings. The first-order valence-electron chi connectivity index (χ1n) is 3.47. The topological polar surface area (TPSA) is 3.24 Å². The summed E-state index contributed by atoms with van der Waals surface area (Å²) in [6.07, 6.45) is -3.46. The van der Waals surface area contributed by atoms with Crippen LogP contribution in [0.5, 0.6) is 0 Å². The lowest BCUT2D eigenvalue weighted by atomic mass is 9.98.